The van der Waals surface area contributed by atoms with Crippen LogP contribution in [-0.2, 0) is 18.2 Å². The summed E-state index contributed by atoms with van der Waals surface area (Å²) in [5.74, 6) is 1.49. The van der Waals surface area contributed by atoms with Gasteiger partial charge in [-0.15, -0.1) is 0 Å². The number of ether oxygens (including phenoxy) is 2. The second kappa shape index (κ2) is 8.02. The molecule has 25 heavy (non-hydrogen) atoms. The number of anilines is 1. The molecule has 2 aromatic rings. The molecule has 0 radical (unpaired) electrons. The van der Waals surface area contributed by atoms with Crippen molar-refractivity contribution in [2.45, 2.75) is 25.3 Å². The molecule has 3 rings (SSSR count). The number of amides is 2. The summed E-state index contributed by atoms with van der Waals surface area (Å²) in [6, 6.07) is 9.39. The molecular formula is C18H24N4O3. The van der Waals surface area contributed by atoms with E-state index in [2.05, 4.69) is 15.7 Å². The molecule has 0 bridgehead atoms. The Hall–Kier alpha value is -2.54. The first kappa shape index (κ1) is 17.3. The number of benzene rings is 1. The lowest BCUT2D eigenvalue weighted by atomic mass is 10.0. The minimum absolute atomic E-state index is 0.0695. The first-order valence-electron chi connectivity index (χ1n) is 8.48. The van der Waals surface area contributed by atoms with Crippen molar-refractivity contribution in [2.75, 3.05) is 25.6 Å². The van der Waals surface area contributed by atoms with Crippen molar-refractivity contribution in [3.05, 3.63) is 41.6 Å². The van der Waals surface area contributed by atoms with Crippen LogP contribution in [0.5, 0.6) is 5.75 Å². The number of hydrogen-bond acceptors (Lipinski definition) is 4. The normalized spacial score (nSPS) is 16.5. The second-order valence-electron chi connectivity index (χ2n) is 6.07. The van der Waals surface area contributed by atoms with Crippen LogP contribution in [0.15, 0.2) is 30.3 Å². The van der Waals surface area contributed by atoms with E-state index in [1.807, 2.05) is 30.3 Å². The lowest BCUT2D eigenvalue weighted by Gasteiger charge is -2.18. The van der Waals surface area contributed by atoms with Gasteiger partial charge in [-0.05, 0) is 18.9 Å². The Morgan fingerprint density at radius 1 is 1.44 bits per heavy atom. The number of nitrogens with one attached hydrogen (secondary N) is 2. The van der Waals surface area contributed by atoms with Gasteiger partial charge < -0.3 is 14.8 Å². The lowest BCUT2D eigenvalue weighted by Crippen LogP contribution is -2.33. The van der Waals surface area contributed by atoms with Crippen LogP contribution in [-0.4, -0.2) is 36.1 Å². The van der Waals surface area contributed by atoms with Crippen molar-refractivity contribution in [1.29, 1.82) is 0 Å². The Morgan fingerprint density at radius 2 is 2.28 bits per heavy atom. The monoisotopic (exact) mass is 344 g/mol. The number of fused-ring (bicyclic) bond motifs is 1. The zero-order chi connectivity index (χ0) is 17.6. The van der Waals surface area contributed by atoms with E-state index in [0.29, 0.717) is 25.5 Å². The maximum atomic E-state index is 12.4. The van der Waals surface area contributed by atoms with Gasteiger partial charge in [0.25, 0.3) is 0 Å². The zero-order valence-electron chi connectivity index (χ0n) is 14.6. The predicted molar refractivity (Wildman–Crippen MR) is 94.9 cm³/mol. The van der Waals surface area contributed by atoms with Gasteiger partial charge in [0, 0.05) is 32.2 Å². The summed E-state index contributed by atoms with van der Waals surface area (Å²) in [6.45, 7) is 1.27. The summed E-state index contributed by atoms with van der Waals surface area (Å²) in [6.07, 6.45) is 2.45. The van der Waals surface area contributed by atoms with Crippen LogP contribution in [0.3, 0.4) is 0 Å². The van der Waals surface area contributed by atoms with Gasteiger partial charge in [-0.25, -0.2) is 4.79 Å². The zero-order valence-corrected chi connectivity index (χ0v) is 14.6. The first-order valence-corrected chi connectivity index (χ1v) is 8.48. The fourth-order valence-electron chi connectivity index (χ4n) is 2.96. The number of carbonyl (C=O) groups is 1. The molecule has 7 nitrogen and oxygen atoms in total. The molecular weight excluding hydrogens is 320 g/mol. The molecule has 134 valence electrons. The van der Waals surface area contributed by atoms with Crippen LogP contribution in [0.2, 0.25) is 0 Å². The van der Waals surface area contributed by atoms with Gasteiger partial charge in [-0.2, -0.15) is 5.10 Å². The van der Waals surface area contributed by atoms with Gasteiger partial charge in [-0.1, -0.05) is 18.2 Å². The topological polar surface area (TPSA) is 77.4 Å². The summed E-state index contributed by atoms with van der Waals surface area (Å²) >= 11 is 0. The minimum atomic E-state index is -0.247. The summed E-state index contributed by atoms with van der Waals surface area (Å²) < 4.78 is 12.5. The maximum Gasteiger partial charge on any atom is 0.320 e. The van der Waals surface area contributed by atoms with E-state index in [0.717, 1.165) is 29.8 Å². The molecule has 1 aromatic carbocycles. The number of aryl methyl sites for hydroxylation is 1. The number of carbonyl (C=O) groups excluding carboxylic acids is 1. The fraction of sp³-hybridized carbons (Fsp3) is 0.444. The number of para-hydroxylation sites is 1. The molecule has 7 heteroatoms. The quantitative estimate of drug-likeness (QED) is 0.874. The van der Waals surface area contributed by atoms with Crippen molar-refractivity contribution in [3.8, 4) is 5.75 Å². The highest BCUT2D eigenvalue weighted by Gasteiger charge is 2.21. The summed E-state index contributed by atoms with van der Waals surface area (Å²) in [4.78, 5) is 12.4. The molecule has 0 saturated carbocycles. The number of hydrogen-bond donors (Lipinski definition) is 2. The van der Waals surface area contributed by atoms with Crippen LogP contribution in [0, 0.1) is 0 Å². The number of methoxy groups -OCH3 is 1. The average Bonchev–Trinajstić information content (AvgIpc) is 2.82. The SMILES string of the molecule is COCCc1cc(NC(=O)NC2CCCOc3ccccc32)n(C)n1. The molecule has 1 aliphatic rings. The Labute approximate surface area is 147 Å². The molecule has 2 N–H and O–H groups in total. The Morgan fingerprint density at radius 3 is 3.12 bits per heavy atom. The molecule has 2 heterocycles. The van der Waals surface area contributed by atoms with Crippen LogP contribution < -0.4 is 15.4 Å². The molecule has 1 unspecified atom stereocenters. The van der Waals surface area contributed by atoms with Crippen LogP contribution in [0.25, 0.3) is 0 Å². The van der Waals surface area contributed by atoms with Gasteiger partial charge >= 0.3 is 6.03 Å². The van der Waals surface area contributed by atoms with Gasteiger partial charge in [0.2, 0.25) is 0 Å². The third kappa shape index (κ3) is 4.30. The molecule has 0 aliphatic carbocycles. The van der Waals surface area contributed by atoms with Crippen molar-refractivity contribution in [3.63, 3.8) is 0 Å². The Balaban J connectivity index is 1.66. The fourth-order valence-corrected chi connectivity index (χ4v) is 2.96. The minimum Gasteiger partial charge on any atom is -0.493 e. The summed E-state index contributed by atoms with van der Waals surface area (Å²) in [5, 5.41) is 10.3. The van der Waals surface area contributed by atoms with Crippen molar-refractivity contribution >= 4 is 11.8 Å². The van der Waals surface area contributed by atoms with E-state index in [1.54, 1.807) is 18.8 Å². The smallest absolute Gasteiger partial charge is 0.320 e. The lowest BCUT2D eigenvalue weighted by molar-refractivity contribution is 0.201. The Bertz CT molecular complexity index is 729. The standard InChI is InChI=1S/C18H24N4O3/c1-22-17(12-13(21-22)9-11-24-2)20-18(23)19-15-7-5-10-25-16-8-4-3-6-14(15)16/h3-4,6,8,12,15H,5,7,9-11H2,1-2H3,(H2,19,20,23). The highest BCUT2D eigenvalue weighted by Crippen LogP contribution is 2.31. The molecule has 0 spiro atoms. The number of nitrogens with zero attached hydrogens (tertiary/aromatic N) is 2. The van der Waals surface area contributed by atoms with Crippen molar-refractivity contribution in [1.82, 2.24) is 15.1 Å². The Kier molecular flexibility index (Phi) is 5.55. The molecule has 1 aliphatic heterocycles. The number of aromatic nitrogens is 2. The molecule has 2 amide bonds. The van der Waals surface area contributed by atoms with E-state index >= 15 is 0 Å². The predicted octanol–water partition coefficient (Wildman–Crippen LogP) is 2.64. The highest BCUT2D eigenvalue weighted by molar-refractivity contribution is 5.88. The molecule has 1 atom stereocenters. The van der Waals surface area contributed by atoms with E-state index in [9.17, 15) is 4.79 Å². The van der Waals surface area contributed by atoms with Crippen molar-refractivity contribution in [2.24, 2.45) is 7.05 Å². The van der Waals surface area contributed by atoms with E-state index < -0.39 is 0 Å². The largest absolute Gasteiger partial charge is 0.493 e. The van der Waals surface area contributed by atoms with Crippen LogP contribution >= 0.6 is 0 Å². The van der Waals surface area contributed by atoms with Crippen LogP contribution in [0.1, 0.15) is 30.1 Å². The summed E-state index contributed by atoms with van der Waals surface area (Å²) in [7, 11) is 3.46. The van der Waals surface area contributed by atoms with Gasteiger partial charge in [0.05, 0.1) is 24.9 Å². The van der Waals surface area contributed by atoms with E-state index in [4.69, 9.17) is 9.47 Å². The van der Waals surface area contributed by atoms with Crippen LogP contribution in [0.4, 0.5) is 10.6 Å². The molecule has 0 saturated heterocycles. The third-order valence-electron chi connectivity index (χ3n) is 4.23. The van der Waals surface area contributed by atoms with Gasteiger partial charge in [0.1, 0.15) is 11.6 Å². The van der Waals surface area contributed by atoms with E-state index in [1.165, 1.54) is 0 Å². The van der Waals surface area contributed by atoms with E-state index in [-0.39, 0.29) is 12.1 Å². The van der Waals surface area contributed by atoms with Gasteiger partial charge in [-0.3, -0.25) is 10.00 Å². The average molecular weight is 344 g/mol. The highest BCUT2D eigenvalue weighted by atomic mass is 16.5. The number of rotatable bonds is 5. The third-order valence-corrected chi connectivity index (χ3v) is 4.23. The van der Waals surface area contributed by atoms with Gasteiger partial charge in [0.15, 0.2) is 0 Å². The second-order valence-corrected chi connectivity index (χ2v) is 6.07. The molecule has 1 aromatic heterocycles. The first-order chi connectivity index (χ1) is 12.2. The maximum absolute atomic E-state index is 12.4. The molecule has 0 fully saturated rings. The number of urea groups is 1. The van der Waals surface area contributed by atoms with Crippen molar-refractivity contribution < 1.29 is 14.3 Å². The summed E-state index contributed by atoms with van der Waals surface area (Å²) in [5.41, 5.74) is 1.90.